The molecule has 2 atom stereocenters. The summed E-state index contributed by atoms with van der Waals surface area (Å²) in [5.41, 5.74) is -1.34. The minimum Gasteiger partial charge on any atom is -0.338 e. The highest BCUT2D eigenvalue weighted by molar-refractivity contribution is 5.95. The number of alkyl halides is 6. The average molecular weight is 576 g/mol. The quantitative estimate of drug-likeness (QED) is 0.324. The molecule has 41 heavy (non-hydrogen) atoms. The van der Waals surface area contributed by atoms with E-state index in [1.165, 1.54) is 10.5 Å². The Balaban J connectivity index is 1.34. The SMILES string of the molecule is O=C(c1cc(C(F)(F)F)cc(C(F)(F)F)c1)N1CCC(N2CCN(Cc3ccccc3)CC2)C(c2ccccc2)C1. The zero-order valence-electron chi connectivity index (χ0n) is 22.3. The van der Waals surface area contributed by atoms with Gasteiger partial charge >= 0.3 is 12.4 Å². The first kappa shape index (κ1) is 29.1. The van der Waals surface area contributed by atoms with E-state index in [2.05, 4.69) is 21.9 Å². The zero-order chi connectivity index (χ0) is 29.2. The molecule has 3 aromatic rings. The van der Waals surface area contributed by atoms with Crippen molar-refractivity contribution in [3.63, 3.8) is 0 Å². The molecule has 0 saturated carbocycles. The summed E-state index contributed by atoms with van der Waals surface area (Å²) in [6, 6.07) is 21.0. The van der Waals surface area contributed by atoms with Gasteiger partial charge in [-0.05, 0) is 35.7 Å². The van der Waals surface area contributed by atoms with Crippen molar-refractivity contribution in [3.8, 4) is 0 Å². The van der Waals surface area contributed by atoms with Crippen LogP contribution in [0.25, 0.3) is 0 Å². The number of halogens is 6. The summed E-state index contributed by atoms with van der Waals surface area (Å²) in [7, 11) is 0. The summed E-state index contributed by atoms with van der Waals surface area (Å²) in [5.74, 6) is -0.962. The predicted octanol–water partition coefficient (Wildman–Crippen LogP) is 6.54. The monoisotopic (exact) mass is 575 g/mol. The van der Waals surface area contributed by atoms with Crippen molar-refractivity contribution in [1.82, 2.24) is 14.7 Å². The van der Waals surface area contributed by atoms with E-state index in [1.807, 2.05) is 48.5 Å². The predicted molar refractivity (Wildman–Crippen MR) is 143 cm³/mol. The number of nitrogens with zero attached hydrogens (tertiary/aromatic N) is 3. The minimum absolute atomic E-state index is 0.0488. The number of carbonyl (C=O) groups is 1. The summed E-state index contributed by atoms with van der Waals surface area (Å²) in [5, 5.41) is 0. The van der Waals surface area contributed by atoms with Crippen LogP contribution in [0.1, 0.15) is 45.0 Å². The number of benzene rings is 3. The second-order valence-electron chi connectivity index (χ2n) is 10.7. The third-order valence-electron chi connectivity index (χ3n) is 8.05. The number of carbonyl (C=O) groups excluding carboxylic acids is 1. The fourth-order valence-electron chi connectivity index (χ4n) is 5.94. The minimum atomic E-state index is -5.02. The molecule has 4 nitrogen and oxygen atoms in total. The Morgan fingerprint density at radius 2 is 1.29 bits per heavy atom. The second-order valence-corrected chi connectivity index (χ2v) is 10.7. The standard InChI is InChI=1S/C31H31F6N3O/c32-30(33,34)25-17-24(18-26(19-25)31(35,36)37)29(41)40-12-11-28(27(21-40)23-9-5-2-6-10-23)39-15-13-38(14-16-39)20-22-7-3-1-4-8-22/h1-10,17-19,27-28H,11-16,20-21H2. The van der Waals surface area contributed by atoms with E-state index in [-0.39, 0.29) is 31.1 Å². The molecular weight excluding hydrogens is 544 g/mol. The fraction of sp³-hybridized carbons (Fsp3) is 0.387. The van der Waals surface area contributed by atoms with E-state index in [4.69, 9.17) is 0 Å². The number of piperidine rings is 1. The summed E-state index contributed by atoms with van der Waals surface area (Å²) < 4.78 is 80.6. The second kappa shape index (κ2) is 11.9. The molecule has 0 radical (unpaired) electrons. The van der Waals surface area contributed by atoms with E-state index < -0.39 is 35.0 Å². The number of likely N-dealkylation sites (tertiary alicyclic amines) is 1. The van der Waals surface area contributed by atoms with Gasteiger partial charge in [-0.25, -0.2) is 0 Å². The number of hydrogen-bond acceptors (Lipinski definition) is 3. The van der Waals surface area contributed by atoms with Crippen LogP contribution in [0.5, 0.6) is 0 Å². The Kier molecular flexibility index (Phi) is 8.42. The van der Waals surface area contributed by atoms with Crippen LogP contribution in [-0.4, -0.2) is 65.9 Å². The van der Waals surface area contributed by atoms with Gasteiger partial charge in [0.25, 0.3) is 5.91 Å². The van der Waals surface area contributed by atoms with Crippen LogP contribution in [0.3, 0.4) is 0 Å². The van der Waals surface area contributed by atoms with Gasteiger partial charge in [-0.2, -0.15) is 26.3 Å². The van der Waals surface area contributed by atoms with Gasteiger partial charge in [0.1, 0.15) is 0 Å². The van der Waals surface area contributed by atoms with E-state index in [1.54, 1.807) is 0 Å². The molecule has 0 N–H and O–H groups in total. The molecule has 2 saturated heterocycles. The Labute approximate surface area is 235 Å². The lowest BCUT2D eigenvalue weighted by Crippen LogP contribution is -2.56. The van der Waals surface area contributed by atoms with Crippen molar-refractivity contribution >= 4 is 5.91 Å². The average Bonchev–Trinajstić information content (AvgIpc) is 2.97. The molecule has 1 amide bonds. The first-order valence-corrected chi connectivity index (χ1v) is 13.6. The highest BCUT2D eigenvalue weighted by Crippen LogP contribution is 2.38. The molecule has 3 aromatic carbocycles. The van der Waals surface area contributed by atoms with Crippen molar-refractivity contribution in [2.24, 2.45) is 0 Å². The third kappa shape index (κ3) is 6.93. The molecule has 0 spiro atoms. The fourth-order valence-corrected chi connectivity index (χ4v) is 5.94. The summed E-state index contributed by atoms with van der Waals surface area (Å²) in [6.45, 7) is 4.72. The van der Waals surface area contributed by atoms with Crippen LogP contribution in [0.4, 0.5) is 26.3 Å². The van der Waals surface area contributed by atoms with Gasteiger partial charge in [0, 0.05) is 63.3 Å². The van der Waals surface area contributed by atoms with Crippen LogP contribution in [-0.2, 0) is 18.9 Å². The maximum Gasteiger partial charge on any atom is 0.416 e. The molecule has 0 aliphatic carbocycles. The maximum atomic E-state index is 13.4. The van der Waals surface area contributed by atoms with Gasteiger partial charge in [-0.3, -0.25) is 14.6 Å². The number of amides is 1. The normalized spacial score (nSPS) is 21.2. The molecule has 2 aliphatic rings. The number of rotatable bonds is 5. The van der Waals surface area contributed by atoms with Crippen LogP contribution in [0, 0.1) is 0 Å². The summed E-state index contributed by atoms with van der Waals surface area (Å²) in [6.07, 6.45) is -9.47. The van der Waals surface area contributed by atoms with Crippen LogP contribution >= 0.6 is 0 Å². The Morgan fingerprint density at radius 1 is 0.732 bits per heavy atom. The van der Waals surface area contributed by atoms with E-state index in [9.17, 15) is 31.1 Å². The highest BCUT2D eigenvalue weighted by atomic mass is 19.4. The van der Waals surface area contributed by atoms with Crippen molar-refractivity contribution in [2.75, 3.05) is 39.3 Å². The molecule has 2 heterocycles. The number of hydrogen-bond donors (Lipinski definition) is 0. The first-order valence-electron chi connectivity index (χ1n) is 13.6. The van der Waals surface area contributed by atoms with Crippen molar-refractivity contribution in [1.29, 1.82) is 0 Å². The zero-order valence-corrected chi connectivity index (χ0v) is 22.3. The molecule has 10 heteroatoms. The topological polar surface area (TPSA) is 26.8 Å². The van der Waals surface area contributed by atoms with E-state index in [0.717, 1.165) is 38.3 Å². The molecule has 5 rings (SSSR count). The smallest absolute Gasteiger partial charge is 0.338 e. The van der Waals surface area contributed by atoms with Gasteiger partial charge < -0.3 is 4.90 Å². The Hall–Kier alpha value is -3.37. The van der Waals surface area contributed by atoms with Gasteiger partial charge in [0.2, 0.25) is 0 Å². The van der Waals surface area contributed by atoms with Crippen LogP contribution < -0.4 is 0 Å². The van der Waals surface area contributed by atoms with Crippen LogP contribution in [0.15, 0.2) is 78.9 Å². The Bertz CT molecular complexity index is 1290. The molecule has 2 aliphatic heterocycles. The van der Waals surface area contributed by atoms with E-state index >= 15 is 0 Å². The first-order chi connectivity index (χ1) is 19.5. The summed E-state index contributed by atoms with van der Waals surface area (Å²) in [4.78, 5) is 19.6. The van der Waals surface area contributed by atoms with Crippen molar-refractivity contribution in [2.45, 2.75) is 37.3 Å². The van der Waals surface area contributed by atoms with Crippen LogP contribution in [0.2, 0.25) is 0 Å². The number of piperazine rings is 1. The lowest BCUT2D eigenvalue weighted by molar-refractivity contribution is -0.143. The highest BCUT2D eigenvalue weighted by Gasteiger charge is 2.40. The molecule has 218 valence electrons. The van der Waals surface area contributed by atoms with Gasteiger partial charge in [0.05, 0.1) is 11.1 Å². The Morgan fingerprint density at radius 3 is 1.85 bits per heavy atom. The molecular formula is C31H31F6N3O. The molecule has 2 unspecified atom stereocenters. The molecule has 0 aromatic heterocycles. The summed E-state index contributed by atoms with van der Waals surface area (Å²) >= 11 is 0. The van der Waals surface area contributed by atoms with Gasteiger partial charge in [0.15, 0.2) is 0 Å². The van der Waals surface area contributed by atoms with Gasteiger partial charge in [-0.1, -0.05) is 60.7 Å². The van der Waals surface area contributed by atoms with Crippen molar-refractivity contribution in [3.05, 3.63) is 107 Å². The molecule has 0 bridgehead atoms. The largest absolute Gasteiger partial charge is 0.416 e. The lowest BCUT2D eigenvalue weighted by Gasteiger charge is -2.47. The molecule has 2 fully saturated rings. The van der Waals surface area contributed by atoms with E-state index in [0.29, 0.717) is 18.6 Å². The maximum absolute atomic E-state index is 13.4. The third-order valence-corrected chi connectivity index (χ3v) is 8.05. The van der Waals surface area contributed by atoms with Gasteiger partial charge in [-0.15, -0.1) is 0 Å². The van der Waals surface area contributed by atoms with Crippen molar-refractivity contribution < 1.29 is 31.1 Å². The lowest BCUT2D eigenvalue weighted by atomic mass is 9.84.